The maximum atomic E-state index is 5.96. The molecule has 0 aliphatic heterocycles. The van der Waals surface area contributed by atoms with Crippen LogP contribution < -0.4 is 4.74 Å². The molecule has 0 aliphatic rings. The number of halogens is 2. The van der Waals surface area contributed by atoms with Crippen LogP contribution in [0.5, 0.6) is 5.75 Å². The summed E-state index contributed by atoms with van der Waals surface area (Å²) in [5, 5.41) is 2.09. The Morgan fingerprint density at radius 1 is 1.39 bits per heavy atom. The molecule has 96 valence electrons. The van der Waals surface area contributed by atoms with Gasteiger partial charge in [-0.1, -0.05) is 22.0 Å². The molecule has 1 aromatic heterocycles. The summed E-state index contributed by atoms with van der Waals surface area (Å²) < 4.78 is 6.93. The van der Waals surface area contributed by atoms with E-state index in [-0.39, 0.29) is 0 Å². The largest absolute Gasteiger partial charge is 0.493 e. The SMILES string of the molecule is Cc1cc(Br)cc(CCl)c1OCCc1cccs1. The summed E-state index contributed by atoms with van der Waals surface area (Å²) in [6.07, 6.45) is 0.939. The summed E-state index contributed by atoms with van der Waals surface area (Å²) in [4.78, 5) is 1.34. The topological polar surface area (TPSA) is 9.23 Å². The van der Waals surface area contributed by atoms with E-state index in [0.29, 0.717) is 12.5 Å². The summed E-state index contributed by atoms with van der Waals surface area (Å²) in [5.74, 6) is 1.39. The van der Waals surface area contributed by atoms with Gasteiger partial charge in [0.05, 0.1) is 12.5 Å². The van der Waals surface area contributed by atoms with Gasteiger partial charge in [0, 0.05) is 21.3 Å². The van der Waals surface area contributed by atoms with Crippen molar-refractivity contribution in [2.75, 3.05) is 6.61 Å². The molecule has 0 bridgehead atoms. The van der Waals surface area contributed by atoms with Crippen LogP contribution in [0.15, 0.2) is 34.1 Å². The fourth-order valence-electron chi connectivity index (χ4n) is 1.81. The number of thiophene rings is 1. The van der Waals surface area contributed by atoms with E-state index >= 15 is 0 Å². The van der Waals surface area contributed by atoms with Gasteiger partial charge in [0.1, 0.15) is 5.75 Å². The summed E-state index contributed by atoms with van der Waals surface area (Å²) in [6, 6.07) is 8.26. The predicted molar refractivity (Wildman–Crippen MR) is 82.0 cm³/mol. The molecule has 1 nitrogen and oxygen atoms in total. The number of hydrogen-bond acceptors (Lipinski definition) is 2. The van der Waals surface area contributed by atoms with Gasteiger partial charge < -0.3 is 4.74 Å². The van der Waals surface area contributed by atoms with Gasteiger partial charge in [0.2, 0.25) is 0 Å². The van der Waals surface area contributed by atoms with E-state index in [4.69, 9.17) is 16.3 Å². The average molecular weight is 346 g/mol. The van der Waals surface area contributed by atoms with Gasteiger partial charge in [-0.15, -0.1) is 22.9 Å². The van der Waals surface area contributed by atoms with Crippen molar-refractivity contribution in [3.63, 3.8) is 0 Å². The number of benzene rings is 1. The van der Waals surface area contributed by atoms with Gasteiger partial charge in [-0.05, 0) is 36.1 Å². The van der Waals surface area contributed by atoms with Crippen LogP contribution in [0, 0.1) is 6.92 Å². The quantitative estimate of drug-likeness (QED) is 0.678. The van der Waals surface area contributed by atoms with Crippen molar-refractivity contribution < 1.29 is 4.74 Å². The maximum absolute atomic E-state index is 5.96. The van der Waals surface area contributed by atoms with E-state index in [1.54, 1.807) is 11.3 Å². The Morgan fingerprint density at radius 2 is 2.22 bits per heavy atom. The molecular formula is C14H14BrClOS. The van der Waals surface area contributed by atoms with E-state index in [0.717, 1.165) is 27.8 Å². The van der Waals surface area contributed by atoms with Crippen LogP contribution in [0.3, 0.4) is 0 Å². The second kappa shape index (κ2) is 6.60. The molecule has 2 aromatic rings. The molecule has 1 aromatic carbocycles. The van der Waals surface area contributed by atoms with Crippen molar-refractivity contribution in [1.29, 1.82) is 0 Å². The number of alkyl halides is 1. The highest BCUT2D eigenvalue weighted by Crippen LogP contribution is 2.29. The molecule has 0 unspecified atom stereocenters. The predicted octanol–water partition coefficient (Wildman–Crippen LogP) is 5.18. The van der Waals surface area contributed by atoms with Crippen LogP contribution in [0.2, 0.25) is 0 Å². The second-order valence-corrected chi connectivity index (χ2v) is 6.24. The fraction of sp³-hybridized carbons (Fsp3) is 0.286. The van der Waals surface area contributed by atoms with Crippen molar-refractivity contribution in [3.05, 3.63) is 50.1 Å². The fourth-order valence-corrected chi connectivity index (χ4v) is 3.32. The molecule has 4 heteroatoms. The van der Waals surface area contributed by atoms with E-state index < -0.39 is 0 Å². The lowest BCUT2D eigenvalue weighted by molar-refractivity contribution is 0.318. The minimum Gasteiger partial charge on any atom is -0.493 e. The summed E-state index contributed by atoms with van der Waals surface area (Å²) in [6.45, 7) is 2.73. The van der Waals surface area contributed by atoms with E-state index in [2.05, 4.69) is 39.5 Å². The van der Waals surface area contributed by atoms with Gasteiger partial charge in [0.25, 0.3) is 0 Å². The lowest BCUT2D eigenvalue weighted by atomic mass is 10.1. The van der Waals surface area contributed by atoms with Crippen LogP contribution in [-0.4, -0.2) is 6.61 Å². The van der Waals surface area contributed by atoms with Gasteiger partial charge in [0.15, 0.2) is 0 Å². The van der Waals surface area contributed by atoms with E-state index in [9.17, 15) is 0 Å². The lowest BCUT2D eigenvalue weighted by Crippen LogP contribution is -2.03. The summed E-state index contributed by atoms with van der Waals surface area (Å²) in [7, 11) is 0. The molecule has 1 heterocycles. The third kappa shape index (κ3) is 3.50. The smallest absolute Gasteiger partial charge is 0.126 e. The van der Waals surface area contributed by atoms with Gasteiger partial charge in [-0.25, -0.2) is 0 Å². The molecular weight excluding hydrogens is 332 g/mol. The van der Waals surface area contributed by atoms with Crippen molar-refractivity contribution in [1.82, 2.24) is 0 Å². The first-order valence-electron chi connectivity index (χ1n) is 5.71. The Bertz CT molecular complexity index is 511. The summed E-state index contributed by atoms with van der Waals surface area (Å²) >= 11 is 11.2. The van der Waals surface area contributed by atoms with E-state index in [1.165, 1.54) is 4.88 Å². The molecule has 0 amide bonds. The number of hydrogen-bond donors (Lipinski definition) is 0. The highest BCUT2D eigenvalue weighted by atomic mass is 79.9. The number of aryl methyl sites for hydroxylation is 1. The zero-order chi connectivity index (χ0) is 13.0. The Morgan fingerprint density at radius 3 is 2.89 bits per heavy atom. The van der Waals surface area contributed by atoms with Crippen molar-refractivity contribution in [2.45, 2.75) is 19.2 Å². The molecule has 0 saturated carbocycles. The molecule has 2 rings (SSSR count). The third-order valence-electron chi connectivity index (χ3n) is 2.64. The average Bonchev–Trinajstić information content (AvgIpc) is 2.84. The molecule has 18 heavy (non-hydrogen) atoms. The molecule has 0 saturated heterocycles. The maximum Gasteiger partial charge on any atom is 0.126 e. The molecule has 0 atom stereocenters. The third-order valence-corrected chi connectivity index (χ3v) is 4.32. The first kappa shape index (κ1) is 13.9. The first-order chi connectivity index (χ1) is 8.70. The van der Waals surface area contributed by atoms with Crippen molar-refractivity contribution in [3.8, 4) is 5.75 Å². The highest BCUT2D eigenvalue weighted by Gasteiger charge is 2.08. The number of ether oxygens (including phenoxy) is 1. The van der Waals surface area contributed by atoms with Gasteiger partial charge in [-0.3, -0.25) is 0 Å². The van der Waals surface area contributed by atoms with Crippen LogP contribution in [0.4, 0.5) is 0 Å². The zero-order valence-corrected chi connectivity index (χ0v) is 13.2. The van der Waals surface area contributed by atoms with Crippen molar-refractivity contribution in [2.24, 2.45) is 0 Å². The van der Waals surface area contributed by atoms with Crippen LogP contribution in [0.1, 0.15) is 16.0 Å². The molecule has 0 N–H and O–H groups in total. The Kier molecular flexibility index (Phi) is 5.10. The standard InChI is InChI=1S/C14H14BrClOS/c1-10-7-12(15)8-11(9-16)14(10)17-5-4-13-3-2-6-18-13/h2-3,6-8H,4-5,9H2,1H3. The Labute approximate surface area is 125 Å². The molecule has 0 radical (unpaired) electrons. The summed E-state index contributed by atoms with van der Waals surface area (Å²) in [5.41, 5.74) is 2.15. The first-order valence-corrected chi connectivity index (χ1v) is 7.91. The molecule has 0 spiro atoms. The molecule has 0 fully saturated rings. The Balaban J connectivity index is 2.04. The van der Waals surface area contributed by atoms with Crippen LogP contribution >= 0.6 is 38.9 Å². The van der Waals surface area contributed by atoms with Crippen LogP contribution in [0.25, 0.3) is 0 Å². The number of rotatable bonds is 5. The minimum absolute atomic E-state index is 0.467. The van der Waals surface area contributed by atoms with E-state index in [1.807, 2.05) is 13.0 Å². The normalized spacial score (nSPS) is 10.6. The minimum atomic E-state index is 0.467. The highest BCUT2D eigenvalue weighted by molar-refractivity contribution is 9.10. The van der Waals surface area contributed by atoms with Gasteiger partial charge >= 0.3 is 0 Å². The zero-order valence-electron chi connectivity index (χ0n) is 10.1. The lowest BCUT2D eigenvalue weighted by Gasteiger charge is -2.13. The van der Waals surface area contributed by atoms with Gasteiger partial charge in [-0.2, -0.15) is 0 Å². The molecule has 0 aliphatic carbocycles. The monoisotopic (exact) mass is 344 g/mol. The Hall–Kier alpha value is -0.510. The second-order valence-electron chi connectivity index (χ2n) is 4.02. The van der Waals surface area contributed by atoms with Crippen LogP contribution in [-0.2, 0) is 12.3 Å². The van der Waals surface area contributed by atoms with Crippen molar-refractivity contribution >= 4 is 38.9 Å².